The standard InChI is InChI=1S/C26H31FN2O5/c1-3-29(4-2)13-14-33-23-11-6-18(7-12-23)5-8-20(25(30)28-32)16-21-15-19-9-10-22(27)17-24(19)34-26(21)31/h6-7,9-12,15,17,20,32H,3-5,8,13-14,16H2,1-2H3,(H,28,30). The van der Waals surface area contributed by atoms with E-state index in [-0.39, 0.29) is 12.0 Å². The van der Waals surface area contributed by atoms with Crippen LogP contribution in [0.1, 0.15) is 31.4 Å². The second-order valence-corrected chi connectivity index (χ2v) is 8.18. The molecule has 2 aromatic carbocycles. The highest BCUT2D eigenvalue weighted by Crippen LogP contribution is 2.20. The Hall–Kier alpha value is -3.23. The summed E-state index contributed by atoms with van der Waals surface area (Å²) in [5, 5.41) is 9.75. The van der Waals surface area contributed by atoms with Crippen molar-refractivity contribution in [3.63, 3.8) is 0 Å². The number of nitrogens with zero attached hydrogens (tertiary/aromatic N) is 1. The lowest BCUT2D eigenvalue weighted by Gasteiger charge is -2.18. The summed E-state index contributed by atoms with van der Waals surface area (Å²) >= 11 is 0. The predicted octanol–water partition coefficient (Wildman–Crippen LogP) is 3.95. The van der Waals surface area contributed by atoms with Crippen molar-refractivity contribution in [2.24, 2.45) is 5.92 Å². The molecule has 8 heteroatoms. The number of rotatable bonds is 12. The molecule has 0 aliphatic carbocycles. The van der Waals surface area contributed by atoms with Gasteiger partial charge >= 0.3 is 5.63 Å². The molecule has 0 aliphatic rings. The molecule has 1 atom stereocenters. The van der Waals surface area contributed by atoms with Crippen LogP contribution in [0.5, 0.6) is 5.75 Å². The molecule has 0 bridgehead atoms. The Balaban J connectivity index is 1.62. The molecule has 3 rings (SSSR count). The van der Waals surface area contributed by atoms with Crippen LogP contribution >= 0.6 is 0 Å². The fourth-order valence-electron chi connectivity index (χ4n) is 3.88. The van der Waals surface area contributed by atoms with E-state index >= 15 is 0 Å². The number of benzene rings is 2. The van der Waals surface area contributed by atoms with Crippen LogP contribution in [-0.2, 0) is 17.6 Å². The number of amides is 1. The zero-order valence-electron chi connectivity index (χ0n) is 19.6. The molecule has 7 nitrogen and oxygen atoms in total. The first kappa shape index (κ1) is 25.4. The number of hydrogen-bond donors (Lipinski definition) is 2. The normalized spacial score (nSPS) is 12.1. The zero-order valence-corrected chi connectivity index (χ0v) is 19.6. The number of likely N-dealkylation sites (N-methyl/N-ethyl adjacent to an activating group) is 1. The largest absolute Gasteiger partial charge is 0.492 e. The fraction of sp³-hybridized carbons (Fsp3) is 0.385. The molecule has 0 radical (unpaired) electrons. The molecule has 1 aromatic heterocycles. The van der Waals surface area contributed by atoms with E-state index in [4.69, 9.17) is 9.15 Å². The minimum absolute atomic E-state index is 0.0919. The third-order valence-corrected chi connectivity index (χ3v) is 5.99. The minimum atomic E-state index is -0.643. The van der Waals surface area contributed by atoms with Crippen molar-refractivity contribution in [2.75, 3.05) is 26.2 Å². The van der Waals surface area contributed by atoms with Gasteiger partial charge in [-0.25, -0.2) is 14.7 Å². The van der Waals surface area contributed by atoms with Crippen LogP contribution in [0.25, 0.3) is 11.0 Å². The van der Waals surface area contributed by atoms with Gasteiger partial charge in [0.1, 0.15) is 23.8 Å². The first-order chi connectivity index (χ1) is 16.4. The van der Waals surface area contributed by atoms with E-state index in [2.05, 4.69) is 18.7 Å². The Morgan fingerprint density at radius 1 is 1.15 bits per heavy atom. The number of aryl methyl sites for hydroxylation is 1. The minimum Gasteiger partial charge on any atom is -0.492 e. The van der Waals surface area contributed by atoms with Gasteiger partial charge in [0.05, 0.1) is 0 Å². The average Bonchev–Trinajstić information content (AvgIpc) is 2.85. The van der Waals surface area contributed by atoms with Gasteiger partial charge in [-0.05, 0) is 68.2 Å². The lowest BCUT2D eigenvalue weighted by molar-refractivity contribution is -0.133. The van der Waals surface area contributed by atoms with E-state index in [1.54, 1.807) is 11.5 Å². The molecule has 34 heavy (non-hydrogen) atoms. The monoisotopic (exact) mass is 470 g/mol. The van der Waals surface area contributed by atoms with E-state index in [9.17, 15) is 19.2 Å². The first-order valence-corrected chi connectivity index (χ1v) is 11.5. The van der Waals surface area contributed by atoms with E-state index in [1.807, 2.05) is 24.3 Å². The van der Waals surface area contributed by atoms with Gasteiger partial charge in [-0.3, -0.25) is 10.0 Å². The summed E-state index contributed by atoms with van der Waals surface area (Å²) in [6, 6.07) is 13.2. The summed E-state index contributed by atoms with van der Waals surface area (Å²) in [6.07, 6.45) is 1.08. The number of ether oxygens (including phenoxy) is 1. The molecule has 3 aromatic rings. The number of hydrogen-bond acceptors (Lipinski definition) is 6. The van der Waals surface area contributed by atoms with Crippen LogP contribution in [0.15, 0.2) is 57.7 Å². The topological polar surface area (TPSA) is 92.0 Å². The number of hydroxylamine groups is 1. The Morgan fingerprint density at radius 3 is 2.56 bits per heavy atom. The van der Waals surface area contributed by atoms with Crippen molar-refractivity contribution in [3.8, 4) is 5.75 Å². The van der Waals surface area contributed by atoms with Gasteiger partial charge in [0.25, 0.3) is 0 Å². The molecule has 2 N–H and O–H groups in total. The van der Waals surface area contributed by atoms with Crippen LogP contribution < -0.4 is 15.8 Å². The molecule has 0 fully saturated rings. The van der Waals surface area contributed by atoms with Crippen molar-refractivity contribution in [1.82, 2.24) is 10.4 Å². The van der Waals surface area contributed by atoms with Gasteiger partial charge in [0, 0.05) is 29.5 Å². The summed E-state index contributed by atoms with van der Waals surface area (Å²) in [5.41, 5.74) is 2.52. The van der Waals surface area contributed by atoms with Crippen molar-refractivity contribution >= 4 is 16.9 Å². The summed E-state index contributed by atoms with van der Waals surface area (Å²) in [5.74, 6) is -0.933. The zero-order chi connectivity index (χ0) is 24.5. The number of carbonyl (C=O) groups excluding carboxylic acids is 1. The van der Waals surface area contributed by atoms with E-state index in [1.165, 1.54) is 12.1 Å². The molecule has 1 unspecified atom stereocenters. The Morgan fingerprint density at radius 2 is 1.88 bits per heavy atom. The van der Waals surface area contributed by atoms with E-state index < -0.39 is 23.3 Å². The van der Waals surface area contributed by atoms with Gasteiger partial charge < -0.3 is 14.1 Å². The molecule has 1 amide bonds. The highest BCUT2D eigenvalue weighted by Gasteiger charge is 2.21. The smallest absolute Gasteiger partial charge is 0.339 e. The molecule has 182 valence electrons. The molecule has 0 aliphatic heterocycles. The van der Waals surface area contributed by atoms with Gasteiger partial charge in [-0.2, -0.15) is 0 Å². The Kier molecular flexibility index (Phi) is 9.18. The van der Waals surface area contributed by atoms with Crippen LogP contribution in [0, 0.1) is 11.7 Å². The van der Waals surface area contributed by atoms with Crippen molar-refractivity contribution in [2.45, 2.75) is 33.1 Å². The Labute approximate surface area is 198 Å². The van der Waals surface area contributed by atoms with Gasteiger partial charge in [-0.1, -0.05) is 26.0 Å². The lowest BCUT2D eigenvalue weighted by atomic mass is 9.92. The molecular formula is C26H31FN2O5. The quantitative estimate of drug-likeness (QED) is 0.237. The van der Waals surface area contributed by atoms with Gasteiger partial charge in [0.2, 0.25) is 5.91 Å². The van der Waals surface area contributed by atoms with E-state index in [0.717, 1.165) is 37.0 Å². The molecular weight excluding hydrogens is 439 g/mol. The number of carbonyl (C=O) groups is 1. The molecule has 0 spiro atoms. The third kappa shape index (κ3) is 6.88. The van der Waals surface area contributed by atoms with Crippen molar-refractivity contribution < 1.29 is 23.5 Å². The summed E-state index contributed by atoms with van der Waals surface area (Å²) in [7, 11) is 0. The maximum absolute atomic E-state index is 13.4. The summed E-state index contributed by atoms with van der Waals surface area (Å²) < 4.78 is 24.4. The first-order valence-electron chi connectivity index (χ1n) is 11.5. The highest BCUT2D eigenvalue weighted by molar-refractivity contribution is 5.79. The average molecular weight is 471 g/mol. The van der Waals surface area contributed by atoms with Gasteiger partial charge in [-0.15, -0.1) is 0 Å². The van der Waals surface area contributed by atoms with Crippen molar-refractivity contribution in [1.29, 1.82) is 0 Å². The maximum Gasteiger partial charge on any atom is 0.339 e. The molecule has 0 saturated carbocycles. The lowest BCUT2D eigenvalue weighted by Crippen LogP contribution is -2.31. The molecule has 0 saturated heterocycles. The van der Waals surface area contributed by atoms with E-state index in [0.29, 0.717) is 30.4 Å². The summed E-state index contributed by atoms with van der Waals surface area (Å²) in [6.45, 7) is 7.69. The van der Waals surface area contributed by atoms with Gasteiger partial charge in [0.15, 0.2) is 0 Å². The maximum atomic E-state index is 13.4. The molecule has 1 heterocycles. The summed E-state index contributed by atoms with van der Waals surface area (Å²) in [4.78, 5) is 26.9. The second-order valence-electron chi connectivity index (χ2n) is 8.18. The second kappa shape index (κ2) is 12.3. The number of fused-ring (bicyclic) bond motifs is 1. The third-order valence-electron chi connectivity index (χ3n) is 5.99. The number of halogens is 1. The predicted molar refractivity (Wildman–Crippen MR) is 128 cm³/mol. The SMILES string of the molecule is CCN(CC)CCOc1ccc(CCC(Cc2cc3ccc(F)cc3oc2=O)C(=O)NO)cc1. The Bertz CT molecular complexity index is 1140. The number of nitrogens with one attached hydrogen (secondary N) is 1. The van der Waals surface area contributed by atoms with Crippen LogP contribution in [0.4, 0.5) is 4.39 Å². The van der Waals surface area contributed by atoms with Crippen LogP contribution in [0.3, 0.4) is 0 Å². The highest BCUT2D eigenvalue weighted by atomic mass is 19.1. The fourth-order valence-corrected chi connectivity index (χ4v) is 3.88. The van der Waals surface area contributed by atoms with Crippen LogP contribution in [-0.4, -0.2) is 42.3 Å². The van der Waals surface area contributed by atoms with Crippen LogP contribution in [0.2, 0.25) is 0 Å². The van der Waals surface area contributed by atoms with Crippen molar-refractivity contribution in [3.05, 3.63) is 75.9 Å².